The van der Waals surface area contributed by atoms with Crippen molar-refractivity contribution in [2.45, 2.75) is 11.8 Å². The fourth-order valence-corrected chi connectivity index (χ4v) is 1.57. The normalized spacial score (nSPS) is 10.4. The number of benzene rings is 1. The van der Waals surface area contributed by atoms with E-state index in [2.05, 4.69) is 4.74 Å². The third-order valence-electron chi connectivity index (χ3n) is 1.46. The van der Waals surface area contributed by atoms with Crippen LogP contribution in [-0.2, 0) is 14.9 Å². The molecule has 84 valence electrons. The number of hydrogen-bond donors (Lipinski definition) is 2. The number of esters is 1. The van der Waals surface area contributed by atoms with Gasteiger partial charge >= 0.3 is 57.4 Å². The van der Waals surface area contributed by atoms with E-state index in [4.69, 9.17) is 9.66 Å². The molecule has 0 spiro atoms. The maximum atomic E-state index is 10.8. The third-order valence-corrected chi connectivity index (χ3v) is 2.33. The van der Waals surface area contributed by atoms with Crippen LogP contribution in [0.15, 0.2) is 23.1 Å². The number of ether oxygens (including phenoxy) is 1. The summed E-state index contributed by atoms with van der Waals surface area (Å²) >= 11 is 0. The van der Waals surface area contributed by atoms with E-state index in [-0.39, 0.29) is 62.9 Å². The van der Waals surface area contributed by atoms with Crippen LogP contribution >= 0.6 is 0 Å². The van der Waals surface area contributed by atoms with Crippen LogP contribution in [0.4, 0.5) is 0 Å². The van der Waals surface area contributed by atoms with Gasteiger partial charge in [-0.1, -0.05) is 0 Å². The predicted octanol–water partition coefficient (Wildman–Crippen LogP) is -0.0843. The Bertz CT molecular complexity index is 495. The molecule has 0 saturated heterocycles. The van der Waals surface area contributed by atoms with E-state index >= 15 is 0 Å². The van der Waals surface area contributed by atoms with E-state index in [0.29, 0.717) is 0 Å². The van der Waals surface area contributed by atoms with Crippen molar-refractivity contribution in [3.8, 4) is 11.5 Å². The zero-order valence-corrected chi connectivity index (χ0v) is 8.48. The van der Waals surface area contributed by atoms with Gasteiger partial charge in [-0.25, -0.2) is 0 Å². The van der Waals surface area contributed by atoms with E-state index in [0.717, 1.165) is 25.1 Å². The van der Waals surface area contributed by atoms with Gasteiger partial charge in [0.05, 0.1) is 0 Å². The second kappa shape index (κ2) is 6.10. The first-order chi connectivity index (χ1) is 6.80. The van der Waals surface area contributed by atoms with Crippen molar-refractivity contribution >= 4 is 67.5 Å². The van der Waals surface area contributed by atoms with Crippen molar-refractivity contribution in [3.05, 3.63) is 18.2 Å². The van der Waals surface area contributed by atoms with Crippen molar-refractivity contribution in [3.63, 3.8) is 0 Å². The molecule has 0 radical (unpaired) electrons. The second-order valence-electron chi connectivity index (χ2n) is 2.70. The van der Waals surface area contributed by atoms with Gasteiger partial charge < -0.3 is 9.84 Å². The van der Waals surface area contributed by atoms with Crippen LogP contribution < -0.4 is 4.74 Å². The molecule has 16 heavy (non-hydrogen) atoms. The van der Waals surface area contributed by atoms with Crippen LogP contribution in [0.5, 0.6) is 11.5 Å². The number of phenols is 1. The average molecular weight is 272 g/mol. The van der Waals surface area contributed by atoms with Gasteiger partial charge in [-0.2, -0.15) is 8.42 Å². The zero-order valence-electron chi connectivity index (χ0n) is 7.67. The summed E-state index contributed by atoms with van der Waals surface area (Å²) in [5.41, 5.74) is 0. The summed E-state index contributed by atoms with van der Waals surface area (Å²) in [6, 6.07) is 2.99. The van der Waals surface area contributed by atoms with Crippen molar-refractivity contribution in [2.75, 3.05) is 0 Å². The molecule has 0 unspecified atom stereocenters. The third kappa shape index (κ3) is 4.50. The summed E-state index contributed by atoms with van der Waals surface area (Å²) in [5.74, 6) is -1.42. The fraction of sp³-hybridized carbons (Fsp3) is 0.125. The summed E-state index contributed by atoms with van der Waals surface area (Å²) in [6.45, 7) is 1.08. The number of carbonyl (C=O) groups excluding carboxylic acids is 1. The summed E-state index contributed by atoms with van der Waals surface area (Å²) in [7, 11) is -4.54. The molecule has 8 heteroatoms. The zero-order chi connectivity index (χ0) is 11.6. The molecule has 0 heterocycles. The Morgan fingerprint density at radius 1 is 1.38 bits per heavy atom. The Balaban J connectivity index is 0.00000225. The Kier molecular flexibility index (Phi) is 6.11. The molecule has 0 bridgehead atoms. The van der Waals surface area contributed by atoms with E-state index in [9.17, 15) is 13.2 Å². The van der Waals surface area contributed by atoms with Crippen LogP contribution in [0.25, 0.3) is 0 Å². The molecule has 2 N–H and O–H groups in total. The monoisotopic (exact) mass is 272 g/mol. The number of phenolic OH excluding ortho intramolecular Hbond substituents is 1. The first kappa shape index (κ1) is 16.0. The molecule has 0 fully saturated rings. The minimum atomic E-state index is -4.54. The van der Waals surface area contributed by atoms with Gasteiger partial charge in [0.25, 0.3) is 10.1 Å². The summed E-state index contributed by atoms with van der Waals surface area (Å²) in [4.78, 5) is 9.96. The van der Waals surface area contributed by atoms with Crippen LogP contribution in [0.1, 0.15) is 6.92 Å². The van der Waals surface area contributed by atoms with Crippen molar-refractivity contribution < 1.29 is 27.6 Å². The molecule has 0 atom stereocenters. The second-order valence-corrected chi connectivity index (χ2v) is 4.09. The minimum absolute atomic E-state index is 0. The molecular weight excluding hydrogens is 263 g/mol. The van der Waals surface area contributed by atoms with Crippen LogP contribution in [0.3, 0.4) is 0 Å². The average Bonchev–Trinajstić information content (AvgIpc) is 2.05. The Hall–Kier alpha value is 0.0364. The van der Waals surface area contributed by atoms with Crippen molar-refractivity contribution in [1.82, 2.24) is 0 Å². The van der Waals surface area contributed by atoms with Crippen LogP contribution in [0, 0.1) is 0 Å². The van der Waals surface area contributed by atoms with Gasteiger partial charge in [0.2, 0.25) is 0 Å². The van der Waals surface area contributed by atoms with Gasteiger partial charge in [0.1, 0.15) is 10.6 Å². The summed E-state index contributed by atoms with van der Waals surface area (Å²) in [6.07, 6.45) is 0. The molecule has 1 rings (SSSR count). The molecule has 1 aromatic carbocycles. The molecule has 0 aliphatic heterocycles. The SMILES string of the molecule is CC(=O)Oc1ccc(O)cc1S(=O)(=O)O.[KH]. The first-order valence-corrected chi connectivity index (χ1v) is 5.23. The van der Waals surface area contributed by atoms with E-state index in [1.54, 1.807) is 0 Å². The van der Waals surface area contributed by atoms with E-state index < -0.39 is 21.0 Å². The molecule has 0 amide bonds. The Morgan fingerprint density at radius 3 is 2.38 bits per heavy atom. The molecule has 0 saturated carbocycles. The molecule has 0 aromatic heterocycles. The Morgan fingerprint density at radius 2 is 1.94 bits per heavy atom. The van der Waals surface area contributed by atoms with Gasteiger partial charge in [-0.15, -0.1) is 0 Å². The number of rotatable bonds is 2. The van der Waals surface area contributed by atoms with Gasteiger partial charge in [-0.05, 0) is 12.1 Å². The molecule has 0 aliphatic carbocycles. The first-order valence-electron chi connectivity index (χ1n) is 3.79. The van der Waals surface area contributed by atoms with Crippen molar-refractivity contribution in [2.24, 2.45) is 0 Å². The van der Waals surface area contributed by atoms with E-state index in [1.807, 2.05) is 0 Å². The van der Waals surface area contributed by atoms with Crippen molar-refractivity contribution in [1.29, 1.82) is 0 Å². The summed E-state index contributed by atoms with van der Waals surface area (Å²) in [5, 5.41) is 9.02. The number of hydrogen-bond acceptors (Lipinski definition) is 5. The quantitative estimate of drug-likeness (QED) is 0.338. The Labute approximate surface area is 135 Å². The molecular formula is C8H9KO6S. The van der Waals surface area contributed by atoms with Gasteiger partial charge in [0, 0.05) is 13.0 Å². The topological polar surface area (TPSA) is 101 Å². The fourth-order valence-electron chi connectivity index (χ4n) is 0.938. The van der Waals surface area contributed by atoms with Gasteiger partial charge in [0.15, 0.2) is 5.75 Å². The molecule has 0 aliphatic rings. The summed E-state index contributed by atoms with van der Waals surface area (Å²) < 4.78 is 35.0. The van der Waals surface area contributed by atoms with E-state index in [1.165, 1.54) is 0 Å². The molecule has 6 nitrogen and oxygen atoms in total. The number of aromatic hydroxyl groups is 1. The molecule has 1 aromatic rings. The van der Waals surface area contributed by atoms with Gasteiger partial charge in [-0.3, -0.25) is 9.35 Å². The predicted molar refractivity (Wildman–Crippen MR) is 56.4 cm³/mol. The standard InChI is InChI=1S/C8H8O6S.K.H/c1-5(9)14-7-3-2-6(10)4-8(7)15(11,12)13;;/h2-4,10H,1H3,(H,11,12,13);;. The van der Waals surface area contributed by atoms with Crippen LogP contribution in [0.2, 0.25) is 0 Å². The number of carbonyl (C=O) groups is 1. The maximum absolute atomic E-state index is 10.8. The van der Waals surface area contributed by atoms with Crippen LogP contribution in [-0.4, -0.2) is 75.4 Å².